The van der Waals surface area contributed by atoms with E-state index >= 15 is 0 Å². The average Bonchev–Trinajstić information content (AvgIpc) is 3.26. The van der Waals surface area contributed by atoms with Gasteiger partial charge in [-0.15, -0.1) is 5.10 Å². The summed E-state index contributed by atoms with van der Waals surface area (Å²) >= 11 is 0. The lowest BCUT2D eigenvalue weighted by Crippen LogP contribution is -2.48. The van der Waals surface area contributed by atoms with Crippen molar-refractivity contribution in [2.45, 2.75) is 19.4 Å². The Labute approximate surface area is 180 Å². The van der Waals surface area contributed by atoms with Gasteiger partial charge < -0.3 is 9.64 Å². The number of piperazine rings is 1. The van der Waals surface area contributed by atoms with E-state index in [9.17, 15) is 9.18 Å². The first kappa shape index (κ1) is 20.9. The molecule has 8 nitrogen and oxygen atoms in total. The van der Waals surface area contributed by atoms with Gasteiger partial charge in [-0.2, -0.15) is 4.68 Å². The van der Waals surface area contributed by atoms with Crippen LogP contribution in [0.1, 0.15) is 17.8 Å². The molecule has 1 saturated heterocycles. The van der Waals surface area contributed by atoms with Crippen LogP contribution in [-0.2, 0) is 17.8 Å². The SMILES string of the molecule is COc1ccc(CCC(=O)N2CCN(Cc3nnnn3-c3cccc(F)c3)CC2)cc1. The number of halogens is 1. The van der Waals surface area contributed by atoms with E-state index in [2.05, 4.69) is 20.4 Å². The second kappa shape index (κ2) is 9.65. The second-order valence-corrected chi connectivity index (χ2v) is 7.49. The minimum atomic E-state index is -0.333. The first-order chi connectivity index (χ1) is 15.1. The summed E-state index contributed by atoms with van der Waals surface area (Å²) in [6.45, 7) is 3.36. The van der Waals surface area contributed by atoms with Gasteiger partial charge in [-0.25, -0.2) is 4.39 Å². The summed E-state index contributed by atoms with van der Waals surface area (Å²) in [6.07, 6.45) is 1.20. The first-order valence-electron chi connectivity index (χ1n) is 10.3. The molecule has 1 aliphatic heterocycles. The number of carbonyl (C=O) groups is 1. The van der Waals surface area contributed by atoms with Crippen LogP contribution in [-0.4, -0.2) is 69.2 Å². The zero-order valence-electron chi connectivity index (χ0n) is 17.4. The highest BCUT2D eigenvalue weighted by atomic mass is 19.1. The van der Waals surface area contributed by atoms with Gasteiger partial charge in [0.15, 0.2) is 5.82 Å². The van der Waals surface area contributed by atoms with E-state index in [0.717, 1.165) is 24.4 Å². The molecule has 1 aromatic heterocycles. The molecule has 4 rings (SSSR count). The molecule has 0 N–H and O–H groups in total. The van der Waals surface area contributed by atoms with Crippen LogP contribution in [0.5, 0.6) is 5.75 Å². The molecule has 2 aromatic carbocycles. The van der Waals surface area contributed by atoms with Crippen LogP contribution < -0.4 is 4.74 Å². The van der Waals surface area contributed by atoms with Crippen molar-refractivity contribution in [1.82, 2.24) is 30.0 Å². The molecule has 1 aliphatic rings. The van der Waals surface area contributed by atoms with Crippen molar-refractivity contribution in [1.29, 1.82) is 0 Å². The number of rotatable bonds is 7. The molecule has 9 heteroatoms. The minimum Gasteiger partial charge on any atom is -0.497 e. The zero-order chi connectivity index (χ0) is 21.6. The van der Waals surface area contributed by atoms with Gasteiger partial charge >= 0.3 is 0 Å². The fourth-order valence-electron chi connectivity index (χ4n) is 3.67. The lowest BCUT2D eigenvalue weighted by atomic mass is 10.1. The average molecular weight is 424 g/mol. The van der Waals surface area contributed by atoms with E-state index in [1.807, 2.05) is 29.2 Å². The maximum absolute atomic E-state index is 13.5. The van der Waals surface area contributed by atoms with Crippen molar-refractivity contribution in [2.75, 3.05) is 33.3 Å². The predicted molar refractivity (Wildman–Crippen MR) is 112 cm³/mol. The van der Waals surface area contributed by atoms with Crippen LogP contribution in [0.4, 0.5) is 4.39 Å². The Morgan fingerprint density at radius 3 is 2.58 bits per heavy atom. The summed E-state index contributed by atoms with van der Waals surface area (Å²) < 4.78 is 20.3. The smallest absolute Gasteiger partial charge is 0.222 e. The Balaban J connectivity index is 1.27. The van der Waals surface area contributed by atoms with Gasteiger partial charge in [0.2, 0.25) is 5.91 Å². The van der Waals surface area contributed by atoms with Crippen molar-refractivity contribution < 1.29 is 13.9 Å². The third-order valence-electron chi connectivity index (χ3n) is 5.46. The molecule has 0 bridgehead atoms. The molecule has 1 fully saturated rings. The van der Waals surface area contributed by atoms with Crippen molar-refractivity contribution in [3.63, 3.8) is 0 Å². The molecular weight excluding hydrogens is 399 g/mol. The van der Waals surface area contributed by atoms with Gasteiger partial charge in [0.05, 0.1) is 19.3 Å². The Kier molecular flexibility index (Phi) is 6.51. The standard InChI is InChI=1S/C22H25FN6O2/c1-31-20-8-5-17(6-9-20)7-10-22(30)28-13-11-27(12-14-28)16-21-24-25-26-29(21)19-4-2-3-18(23)15-19/h2-6,8-9,15H,7,10-14,16H2,1H3. The largest absolute Gasteiger partial charge is 0.497 e. The van der Waals surface area contributed by atoms with Crippen molar-refractivity contribution in [2.24, 2.45) is 0 Å². The molecule has 0 atom stereocenters. The minimum absolute atomic E-state index is 0.167. The lowest BCUT2D eigenvalue weighted by molar-refractivity contribution is -0.133. The molecule has 0 unspecified atom stereocenters. The predicted octanol–water partition coefficient (Wildman–Crippen LogP) is 2.09. The highest BCUT2D eigenvalue weighted by Crippen LogP contribution is 2.15. The topological polar surface area (TPSA) is 76.4 Å². The Hall–Kier alpha value is -3.33. The summed E-state index contributed by atoms with van der Waals surface area (Å²) in [6, 6.07) is 14.0. The highest BCUT2D eigenvalue weighted by Gasteiger charge is 2.22. The lowest BCUT2D eigenvalue weighted by Gasteiger charge is -2.34. The number of methoxy groups -OCH3 is 1. The Bertz CT molecular complexity index is 1010. The van der Waals surface area contributed by atoms with Crippen LogP contribution in [0.25, 0.3) is 5.69 Å². The molecule has 0 aliphatic carbocycles. The van der Waals surface area contributed by atoms with E-state index < -0.39 is 0 Å². The number of nitrogens with zero attached hydrogens (tertiary/aromatic N) is 6. The van der Waals surface area contributed by atoms with E-state index in [1.54, 1.807) is 23.9 Å². The number of benzene rings is 2. The fourth-order valence-corrected chi connectivity index (χ4v) is 3.67. The third kappa shape index (κ3) is 5.24. The van der Waals surface area contributed by atoms with Crippen LogP contribution in [0.3, 0.4) is 0 Å². The monoisotopic (exact) mass is 424 g/mol. The third-order valence-corrected chi connectivity index (χ3v) is 5.46. The zero-order valence-corrected chi connectivity index (χ0v) is 17.4. The molecule has 0 radical (unpaired) electrons. The van der Waals surface area contributed by atoms with Crippen molar-refractivity contribution in [3.05, 3.63) is 65.7 Å². The molecule has 0 saturated carbocycles. The molecule has 2 heterocycles. The number of hydrogen-bond donors (Lipinski definition) is 0. The number of carbonyl (C=O) groups excluding carboxylic acids is 1. The molecule has 1 amide bonds. The number of aryl methyl sites for hydroxylation is 1. The van der Waals surface area contributed by atoms with Gasteiger partial charge in [-0.05, 0) is 52.7 Å². The van der Waals surface area contributed by atoms with Crippen LogP contribution in [0, 0.1) is 5.82 Å². The Morgan fingerprint density at radius 1 is 1.10 bits per heavy atom. The van der Waals surface area contributed by atoms with E-state index in [0.29, 0.717) is 44.0 Å². The molecular formula is C22H25FN6O2. The van der Waals surface area contributed by atoms with E-state index in [4.69, 9.17) is 4.74 Å². The summed E-state index contributed by atoms with van der Waals surface area (Å²) in [5.41, 5.74) is 1.71. The van der Waals surface area contributed by atoms with Gasteiger partial charge in [-0.3, -0.25) is 9.69 Å². The number of tetrazole rings is 1. The second-order valence-electron chi connectivity index (χ2n) is 7.49. The number of amides is 1. The summed E-state index contributed by atoms with van der Waals surface area (Å²) in [5, 5.41) is 11.8. The summed E-state index contributed by atoms with van der Waals surface area (Å²) in [5.74, 6) is 1.29. The van der Waals surface area contributed by atoms with Crippen LogP contribution in [0.15, 0.2) is 48.5 Å². The Morgan fingerprint density at radius 2 is 1.87 bits per heavy atom. The maximum atomic E-state index is 13.5. The first-order valence-corrected chi connectivity index (χ1v) is 10.3. The van der Waals surface area contributed by atoms with E-state index in [1.165, 1.54) is 12.1 Å². The molecule has 31 heavy (non-hydrogen) atoms. The van der Waals surface area contributed by atoms with E-state index in [-0.39, 0.29) is 11.7 Å². The molecule has 0 spiro atoms. The normalized spacial score (nSPS) is 14.6. The van der Waals surface area contributed by atoms with Crippen LogP contribution in [0.2, 0.25) is 0 Å². The highest BCUT2D eigenvalue weighted by molar-refractivity contribution is 5.76. The number of hydrogen-bond acceptors (Lipinski definition) is 6. The quantitative estimate of drug-likeness (QED) is 0.578. The van der Waals surface area contributed by atoms with Crippen molar-refractivity contribution >= 4 is 5.91 Å². The van der Waals surface area contributed by atoms with Crippen LogP contribution >= 0.6 is 0 Å². The molecule has 162 valence electrons. The molecule has 3 aromatic rings. The van der Waals surface area contributed by atoms with Gasteiger partial charge in [0, 0.05) is 32.6 Å². The van der Waals surface area contributed by atoms with Gasteiger partial charge in [-0.1, -0.05) is 18.2 Å². The maximum Gasteiger partial charge on any atom is 0.222 e. The fraction of sp³-hybridized carbons (Fsp3) is 0.364. The summed E-state index contributed by atoms with van der Waals surface area (Å²) in [4.78, 5) is 16.7. The number of aromatic nitrogens is 4. The van der Waals surface area contributed by atoms with Gasteiger partial charge in [0.1, 0.15) is 11.6 Å². The number of ether oxygens (including phenoxy) is 1. The summed E-state index contributed by atoms with van der Waals surface area (Å²) in [7, 11) is 1.64. The van der Waals surface area contributed by atoms with Crippen molar-refractivity contribution in [3.8, 4) is 11.4 Å². The van der Waals surface area contributed by atoms with Gasteiger partial charge in [0.25, 0.3) is 0 Å².